The number of piperazine rings is 1. The summed E-state index contributed by atoms with van der Waals surface area (Å²) in [4.78, 5) is 20.9. The van der Waals surface area contributed by atoms with Crippen LogP contribution in [0.4, 0.5) is 5.69 Å². The third kappa shape index (κ3) is 5.19. The van der Waals surface area contributed by atoms with Crippen molar-refractivity contribution in [3.8, 4) is 5.75 Å². The highest BCUT2D eigenvalue weighted by molar-refractivity contribution is 9.10. The number of fused-ring (bicyclic) bond motifs is 3. The summed E-state index contributed by atoms with van der Waals surface area (Å²) in [7, 11) is 2.06. The molecule has 2 fully saturated rings. The summed E-state index contributed by atoms with van der Waals surface area (Å²) < 4.78 is 15.4. The number of carbonyl (C=O) groups is 1. The van der Waals surface area contributed by atoms with E-state index in [-0.39, 0.29) is 5.97 Å². The third-order valence-corrected chi connectivity index (χ3v) is 9.13. The SMILES string of the molecule is CCOC(=O)c1c(CN2CCN(c3ccccc3)CC2)n(C2CCCCC2)c2cc(Br)c3c(c12)CN(C)CO3. The quantitative estimate of drug-likeness (QED) is 0.317. The van der Waals surface area contributed by atoms with Gasteiger partial charge in [-0.15, -0.1) is 0 Å². The number of esters is 1. The molecular weight excluding hydrogens is 556 g/mol. The van der Waals surface area contributed by atoms with E-state index in [1.165, 1.54) is 24.9 Å². The number of halogens is 1. The van der Waals surface area contributed by atoms with Gasteiger partial charge >= 0.3 is 5.97 Å². The number of anilines is 1. The van der Waals surface area contributed by atoms with Gasteiger partial charge in [0.15, 0.2) is 0 Å². The van der Waals surface area contributed by atoms with Crippen LogP contribution in [0.3, 0.4) is 0 Å². The standard InChI is InChI=1S/C31H39BrN4O3/c1-3-38-31(37)29-27(20-34-14-16-35(17-15-34)22-10-6-4-7-11-22)36(23-12-8-5-9-13-23)26-18-25(32)30-24(28(26)29)19-33(2)21-39-30/h4,6-7,10-11,18,23H,3,5,8-9,12-17,19-21H2,1-2H3. The Bertz CT molecular complexity index is 1330. The van der Waals surface area contributed by atoms with Gasteiger partial charge in [-0.1, -0.05) is 37.5 Å². The molecule has 0 atom stereocenters. The normalized spacial score (nSPS) is 19.2. The molecule has 0 amide bonds. The maximum atomic E-state index is 13.8. The van der Waals surface area contributed by atoms with E-state index in [2.05, 4.69) is 78.6 Å². The van der Waals surface area contributed by atoms with Crippen molar-refractivity contribution in [1.82, 2.24) is 14.4 Å². The second-order valence-corrected chi connectivity index (χ2v) is 12.0. The van der Waals surface area contributed by atoms with Crippen LogP contribution in [0.15, 0.2) is 40.9 Å². The fourth-order valence-electron chi connectivity index (χ4n) is 6.70. The summed E-state index contributed by atoms with van der Waals surface area (Å²) in [5.41, 5.74) is 5.34. The molecular formula is C31H39BrN4O3. The Hall–Kier alpha value is -2.55. The number of hydrogen-bond donors (Lipinski definition) is 0. The number of hydrogen-bond acceptors (Lipinski definition) is 6. The van der Waals surface area contributed by atoms with Crippen molar-refractivity contribution in [1.29, 1.82) is 0 Å². The molecule has 0 unspecified atom stereocenters. The van der Waals surface area contributed by atoms with Crippen molar-refractivity contribution < 1.29 is 14.3 Å². The van der Waals surface area contributed by atoms with Crippen LogP contribution in [0.1, 0.15) is 66.7 Å². The molecule has 2 aromatic carbocycles. The van der Waals surface area contributed by atoms with Gasteiger partial charge in [-0.3, -0.25) is 9.80 Å². The first-order valence-corrected chi connectivity index (χ1v) is 15.2. The highest BCUT2D eigenvalue weighted by Crippen LogP contribution is 2.45. The van der Waals surface area contributed by atoms with Crippen molar-refractivity contribution in [3.05, 3.63) is 57.7 Å². The van der Waals surface area contributed by atoms with E-state index in [1.807, 2.05) is 6.92 Å². The monoisotopic (exact) mass is 594 g/mol. The summed E-state index contributed by atoms with van der Waals surface area (Å²) in [6.45, 7) is 8.13. The number of nitrogens with zero attached hydrogens (tertiary/aromatic N) is 4. The van der Waals surface area contributed by atoms with E-state index < -0.39 is 0 Å². The van der Waals surface area contributed by atoms with Gasteiger partial charge in [0.25, 0.3) is 0 Å². The summed E-state index contributed by atoms with van der Waals surface area (Å²) in [5.74, 6) is 0.641. The minimum atomic E-state index is -0.215. The van der Waals surface area contributed by atoms with Gasteiger partial charge in [-0.05, 0) is 60.9 Å². The topological polar surface area (TPSA) is 50.2 Å². The molecule has 3 heterocycles. The van der Waals surface area contributed by atoms with Crippen molar-refractivity contribution in [2.45, 2.75) is 58.2 Å². The summed E-state index contributed by atoms with van der Waals surface area (Å²) >= 11 is 3.82. The zero-order valence-corrected chi connectivity index (χ0v) is 24.7. The van der Waals surface area contributed by atoms with Gasteiger partial charge in [-0.2, -0.15) is 0 Å². The fourth-order valence-corrected chi connectivity index (χ4v) is 7.27. The molecule has 3 aromatic rings. The Kier molecular flexibility index (Phi) is 7.87. The first kappa shape index (κ1) is 26.7. The number of carbonyl (C=O) groups excluding carboxylic acids is 1. The summed E-state index contributed by atoms with van der Waals surface area (Å²) in [5, 5.41) is 1.02. The lowest BCUT2D eigenvalue weighted by molar-refractivity contribution is 0.0525. The summed E-state index contributed by atoms with van der Waals surface area (Å²) in [6, 6.07) is 13.2. The average molecular weight is 596 g/mol. The van der Waals surface area contributed by atoms with Gasteiger partial charge < -0.3 is 18.9 Å². The lowest BCUT2D eigenvalue weighted by Gasteiger charge is -2.37. The van der Waals surface area contributed by atoms with Crippen molar-refractivity contribution in [2.75, 3.05) is 51.5 Å². The van der Waals surface area contributed by atoms with Gasteiger partial charge in [-0.25, -0.2) is 4.79 Å². The van der Waals surface area contributed by atoms with Crippen molar-refractivity contribution in [3.63, 3.8) is 0 Å². The molecule has 1 aliphatic carbocycles. The van der Waals surface area contributed by atoms with E-state index in [9.17, 15) is 4.79 Å². The molecule has 3 aliphatic rings. The molecule has 1 saturated heterocycles. The maximum absolute atomic E-state index is 13.8. The minimum Gasteiger partial charge on any atom is -0.477 e. The first-order chi connectivity index (χ1) is 19.0. The largest absolute Gasteiger partial charge is 0.477 e. The van der Waals surface area contributed by atoms with Gasteiger partial charge in [0, 0.05) is 67.6 Å². The van der Waals surface area contributed by atoms with E-state index in [4.69, 9.17) is 9.47 Å². The van der Waals surface area contributed by atoms with E-state index in [0.717, 1.165) is 90.1 Å². The fraction of sp³-hybridized carbons (Fsp3) is 0.516. The average Bonchev–Trinajstić information content (AvgIpc) is 3.28. The Morgan fingerprint density at radius 3 is 2.54 bits per heavy atom. The maximum Gasteiger partial charge on any atom is 0.340 e. The zero-order valence-electron chi connectivity index (χ0n) is 23.1. The van der Waals surface area contributed by atoms with E-state index in [1.54, 1.807) is 0 Å². The van der Waals surface area contributed by atoms with Crippen LogP contribution >= 0.6 is 15.9 Å². The van der Waals surface area contributed by atoms with Crippen LogP contribution in [0.25, 0.3) is 10.9 Å². The lowest BCUT2D eigenvalue weighted by atomic mass is 9.95. The van der Waals surface area contributed by atoms with Crippen LogP contribution in [-0.4, -0.2) is 66.9 Å². The molecule has 7 nitrogen and oxygen atoms in total. The van der Waals surface area contributed by atoms with Gasteiger partial charge in [0.2, 0.25) is 0 Å². The second-order valence-electron chi connectivity index (χ2n) is 11.2. The highest BCUT2D eigenvalue weighted by Gasteiger charge is 2.34. The van der Waals surface area contributed by atoms with Crippen LogP contribution in [0.2, 0.25) is 0 Å². The van der Waals surface area contributed by atoms with Gasteiger partial charge in [0.1, 0.15) is 12.5 Å². The predicted octanol–water partition coefficient (Wildman–Crippen LogP) is 6.19. The number of ether oxygens (including phenoxy) is 2. The molecule has 1 saturated carbocycles. The number of rotatable bonds is 6. The van der Waals surface area contributed by atoms with Gasteiger partial charge in [0.05, 0.1) is 22.2 Å². The van der Waals surface area contributed by atoms with Crippen molar-refractivity contribution >= 4 is 38.5 Å². The Morgan fingerprint density at radius 1 is 1.08 bits per heavy atom. The van der Waals surface area contributed by atoms with Crippen LogP contribution in [0.5, 0.6) is 5.75 Å². The minimum absolute atomic E-state index is 0.215. The molecule has 0 bridgehead atoms. The molecule has 208 valence electrons. The number of aromatic nitrogens is 1. The van der Waals surface area contributed by atoms with Crippen molar-refractivity contribution in [2.24, 2.45) is 0 Å². The Balaban J connectivity index is 1.45. The second kappa shape index (κ2) is 11.5. The smallest absolute Gasteiger partial charge is 0.340 e. The van der Waals surface area contributed by atoms with Crippen LogP contribution in [-0.2, 0) is 17.8 Å². The molecule has 39 heavy (non-hydrogen) atoms. The molecule has 2 aliphatic heterocycles. The number of para-hydroxylation sites is 1. The van der Waals surface area contributed by atoms with Crippen LogP contribution < -0.4 is 9.64 Å². The third-order valence-electron chi connectivity index (χ3n) is 8.54. The van der Waals surface area contributed by atoms with E-state index in [0.29, 0.717) is 19.4 Å². The molecule has 0 N–H and O–H groups in total. The highest BCUT2D eigenvalue weighted by atomic mass is 79.9. The first-order valence-electron chi connectivity index (χ1n) is 14.4. The Labute approximate surface area is 239 Å². The van der Waals surface area contributed by atoms with Crippen LogP contribution in [0, 0.1) is 0 Å². The molecule has 6 rings (SSSR count). The molecule has 1 aromatic heterocycles. The van der Waals surface area contributed by atoms with E-state index >= 15 is 0 Å². The predicted molar refractivity (Wildman–Crippen MR) is 159 cm³/mol. The summed E-state index contributed by atoms with van der Waals surface area (Å²) in [6.07, 6.45) is 6.03. The lowest BCUT2D eigenvalue weighted by Crippen LogP contribution is -2.46. The molecule has 8 heteroatoms. The zero-order chi connectivity index (χ0) is 26.9. The molecule has 0 spiro atoms. The Morgan fingerprint density at radius 2 is 1.82 bits per heavy atom. The number of benzene rings is 2. The molecule has 0 radical (unpaired) electrons.